The van der Waals surface area contributed by atoms with E-state index in [0.29, 0.717) is 23.8 Å². The van der Waals surface area contributed by atoms with Crippen LogP contribution in [0.3, 0.4) is 0 Å². The van der Waals surface area contributed by atoms with Gasteiger partial charge >= 0.3 is 0 Å². The van der Waals surface area contributed by atoms with Gasteiger partial charge < -0.3 is 15.0 Å². The monoisotopic (exact) mass is 314 g/mol. The molecule has 1 N–H and O–H groups in total. The maximum Gasteiger partial charge on any atom is 0.258 e. The van der Waals surface area contributed by atoms with Gasteiger partial charge in [-0.3, -0.25) is 4.79 Å². The van der Waals surface area contributed by atoms with Crippen LogP contribution >= 0.6 is 0 Å². The average Bonchev–Trinajstić information content (AvgIpc) is 2.58. The van der Waals surface area contributed by atoms with Crippen LogP contribution in [0.1, 0.15) is 31.1 Å². The van der Waals surface area contributed by atoms with Gasteiger partial charge in [0.05, 0.1) is 12.2 Å². The molecule has 2 aromatic rings. The standard InChI is InChI=1S/C17H22N4O2/c1-4-21(5-2)17-18-11-13(12-19-17)16(22)20-14-7-9-15(10-8-14)23-6-3/h7-12H,4-6H2,1-3H3,(H,20,22). The Bertz CT molecular complexity index is 622. The highest BCUT2D eigenvalue weighted by atomic mass is 16.5. The molecule has 0 aliphatic carbocycles. The first-order valence-electron chi connectivity index (χ1n) is 7.79. The molecule has 122 valence electrons. The number of rotatable bonds is 7. The number of hydrogen-bond donors (Lipinski definition) is 1. The van der Waals surface area contributed by atoms with Crippen molar-refractivity contribution in [3.8, 4) is 5.75 Å². The molecule has 1 amide bonds. The highest BCUT2D eigenvalue weighted by molar-refractivity contribution is 6.03. The topological polar surface area (TPSA) is 67.3 Å². The minimum atomic E-state index is -0.236. The summed E-state index contributed by atoms with van der Waals surface area (Å²) >= 11 is 0. The Labute approximate surface area is 136 Å². The van der Waals surface area contributed by atoms with Gasteiger partial charge in [-0.1, -0.05) is 0 Å². The third-order valence-corrected chi connectivity index (χ3v) is 3.37. The van der Waals surface area contributed by atoms with Gasteiger partial charge in [0.15, 0.2) is 0 Å². The van der Waals surface area contributed by atoms with Crippen LogP contribution < -0.4 is 15.0 Å². The second kappa shape index (κ2) is 8.12. The zero-order valence-corrected chi connectivity index (χ0v) is 13.7. The number of hydrogen-bond acceptors (Lipinski definition) is 5. The molecule has 0 aliphatic rings. The number of nitrogens with zero attached hydrogens (tertiary/aromatic N) is 3. The number of benzene rings is 1. The van der Waals surface area contributed by atoms with E-state index in [1.54, 1.807) is 24.5 Å². The normalized spacial score (nSPS) is 10.2. The molecule has 1 aromatic heterocycles. The molecular formula is C17H22N4O2. The van der Waals surface area contributed by atoms with Crippen LogP contribution in [-0.4, -0.2) is 35.6 Å². The minimum Gasteiger partial charge on any atom is -0.494 e. The van der Waals surface area contributed by atoms with Gasteiger partial charge in [0.1, 0.15) is 5.75 Å². The number of aromatic nitrogens is 2. The van der Waals surface area contributed by atoms with Crippen molar-refractivity contribution in [2.75, 3.05) is 29.9 Å². The van der Waals surface area contributed by atoms with Gasteiger partial charge in [0.25, 0.3) is 5.91 Å². The van der Waals surface area contributed by atoms with Crippen molar-refractivity contribution in [1.29, 1.82) is 0 Å². The van der Waals surface area contributed by atoms with Crippen LogP contribution in [0.5, 0.6) is 5.75 Å². The lowest BCUT2D eigenvalue weighted by Gasteiger charge is -2.18. The van der Waals surface area contributed by atoms with Gasteiger partial charge in [0.2, 0.25) is 5.95 Å². The zero-order valence-electron chi connectivity index (χ0n) is 13.7. The fourth-order valence-electron chi connectivity index (χ4n) is 2.11. The molecule has 6 nitrogen and oxygen atoms in total. The highest BCUT2D eigenvalue weighted by Crippen LogP contribution is 2.16. The Morgan fingerprint density at radius 1 is 1.09 bits per heavy atom. The van der Waals surface area contributed by atoms with Gasteiger partial charge in [-0.15, -0.1) is 0 Å². The Balaban J connectivity index is 2.02. The number of carbonyl (C=O) groups excluding carboxylic acids is 1. The van der Waals surface area contributed by atoms with Crippen molar-refractivity contribution in [3.63, 3.8) is 0 Å². The Morgan fingerprint density at radius 2 is 1.70 bits per heavy atom. The number of anilines is 2. The second-order valence-corrected chi connectivity index (χ2v) is 4.86. The van der Waals surface area contributed by atoms with E-state index in [4.69, 9.17) is 4.74 Å². The molecule has 0 saturated heterocycles. The van der Waals surface area contributed by atoms with Crippen molar-refractivity contribution in [2.24, 2.45) is 0 Å². The van der Waals surface area contributed by atoms with Crippen LogP contribution in [0, 0.1) is 0 Å². The zero-order chi connectivity index (χ0) is 16.7. The maximum absolute atomic E-state index is 12.2. The molecule has 23 heavy (non-hydrogen) atoms. The number of carbonyl (C=O) groups is 1. The molecule has 6 heteroatoms. The predicted octanol–water partition coefficient (Wildman–Crippen LogP) is 2.97. The fraction of sp³-hybridized carbons (Fsp3) is 0.353. The van der Waals surface area contributed by atoms with Crippen LogP contribution in [0.25, 0.3) is 0 Å². The molecule has 0 spiro atoms. The summed E-state index contributed by atoms with van der Waals surface area (Å²) in [5.74, 6) is 1.17. The van der Waals surface area contributed by atoms with Crippen LogP contribution in [-0.2, 0) is 0 Å². The quantitative estimate of drug-likeness (QED) is 0.851. The van der Waals surface area contributed by atoms with Crippen molar-refractivity contribution in [2.45, 2.75) is 20.8 Å². The van der Waals surface area contributed by atoms with Crippen LogP contribution in [0.4, 0.5) is 11.6 Å². The van der Waals surface area contributed by atoms with Gasteiger partial charge in [0, 0.05) is 31.2 Å². The fourth-order valence-corrected chi connectivity index (χ4v) is 2.11. The number of nitrogens with one attached hydrogen (secondary N) is 1. The summed E-state index contributed by atoms with van der Waals surface area (Å²) in [7, 11) is 0. The molecule has 0 radical (unpaired) electrons. The average molecular weight is 314 g/mol. The molecule has 0 atom stereocenters. The lowest BCUT2D eigenvalue weighted by atomic mass is 10.2. The summed E-state index contributed by atoms with van der Waals surface area (Å²) in [6.07, 6.45) is 3.09. The van der Waals surface area contributed by atoms with Crippen molar-refractivity contribution >= 4 is 17.5 Å². The van der Waals surface area contributed by atoms with E-state index in [9.17, 15) is 4.79 Å². The first kappa shape index (κ1) is 16.7. The molecule has 1 heterocycles. The third-order valence-electron chi connectivity index (χ3n) is 3.37. The molecule has 2 rings (SSSR count). The SMILES string of the molecule is CCOc1ccc(NC(=O)c2cnc(N(CC)CC)nc2)cc1. The van der Waals surface area contributed by atoms with Gasteiger partial charge in [-0.2, -0.15) is 0 Å². The van der Waals surface area contributed by atoms with E-state index < -0.39 is 0 Å². The van der Waals surface area contributed by atoms with E-state index in [1.807, 2.05) is 37.8 Å². The highest BCUT2D eigenvalue weighted by Gasteiger charge is 2.10. The van der Waals surface area contributed by atoms with E-state index in [0.717, 1.165) is 18.8 Å². The molecule has 0 unspecified atom stereocenters. The number of amides is 1. The minimum absolute atomic E-state index is 0.236. The third kappa shape index (κ3) is 4.42. The van der Waals surface area contributed by atoms with Crippen molar-refractivity contribution < 1.29 is 9.53 Å². The lowest BCUT2D eigenvalue weighted by Crippen LogP contribution is -2.24. The summed E-state index contributed by atoms with van der Waals surface area (Å²) < 4.78 is 5.37. The second-order valence-electron chi connectivity index (χ2n) is 4.86. The van der Waals surface area contributed by atoms with Crippen LogP contribution in [0.2, 0.25) is 0 Å². The molecular weight excluding hydrogens is 292 g/mol. The van der Waals surface area contributed by atoms with Crippen molar-refractivity contribution in [1.82, 2.24) is 9.97 Å². The summed E-state index contributed by atoms with van der Waals surface area (Å²) in [5, 5.41) is 2.82. The first-order valence-corrected chi connectivity index (χ1v) is 7.79. The van der Waals surface area contributed by atoms with E-state index >= 15 is 0 Å². The van der Waals surface area contributed by atoms with E-state index in [1.165, 1.54) is 0 Å². The van der Waals surface area contributed by atoms with Gasteiger partial charge in [-0.25, -0.2) is 9.97 Å². The smallest absolute Gasteiger partial charge is 0.258 e. The largest absolute Gasteiger partial charge is 0.494 e. The molecule has 0 aliphatic heterocycles. The molecule has 0 saturated carbocycles. The summed E-state index contributed by atoms with van der Waals surface area (Å²) in [4.78, 5) is 22.7. The van der Waals surface area contributed by atoms with E-state index in [2.05, 4.69) is 15.3 Å². The Morgan fingerprint density at radius 3 is 2.22 bits per heavy atom. The van der Waals surface area contributed by atoms with Crippen molar-refractivity contribution in [3.05, 3.63) is 42.2 Å². The summed E-state index contributed by atoms with van der Waals surface area (Å²) in [5.41, 5.74) is 1.13. The summed E-state index contributed by atoms with van der Waals surface area (Å²) in [6.45, 7) is 8.28. The van der Waals surface area contributed by atoms with Crippen LogP contribution in [0.15, 0.2) is 36.7 Å². The molecule has 0 fully saturated rings. The predicted molar refractivity (Wildman–Crippen MR) is 91.2 cm³/mol. The number of ether oxygens (including phenoxy) is 1. The molecule has 0 bridgehead atoms. The lowest BCUT2D eigenvalue weighted by molar-refractivity contribution is 0.102. The maximum atomic E-state index is 12.2. The molecule has 1 aromatic carbocycles. The Hall–Kier alpha value is -2.63. The van der Waals surface area contributed by atoms with E-state index in [-0.39, 0.29) is 5.91 Å². The van der Waals surface area contributed by atoms with Gasteiger partial charge in [-0.05, 0) is 45.0 Å². The first-order chi connectivity index (χ1) is 11.2. The summed E-state index contributed by atoms with van der Waals surface area (Å²) in [6, 6.07) is 7.24. The Kier molecular flexibility index (Phi) is 5.91.